The summed E-state index contributed by atoms with van der Waals surface area (Å²) in [6, 6.07) is 9.97. The van der Waals surface area contributed by atoms with E-state index >= 15 is 0 Å². The van der Waals surface area contributed by atoms with E-state index in [-0.39, 0.29) is 11.3 Å². The first-order valence-electron chi connectivity index (χ1n) is 8.70. The maximum atomic E-state index is 13.3. The number of alkyl halides is 3. The molecule has 4 nitrogen and oxygen atoms in total. The van der Waals surface area contributed by atoms with Crippen molar-refractivity contribution in [2.75, 3.05) is 31.2 Å². The number of benzene rings is 2. The lowest BCUT2D eigenvalue weighted by Crippen LogP contribution is -2.36. The number of aromatic nitrogens is 1. The van der Waals surface area contributed by atoms with Gasteiger partial charge in [0.2, 0.25) is 0 Å². The molecular formula is C20H16ClF3N2O2. The molecule has 8 heteroatoms. The number of H-pyrrole nitrogens is 1. The second-order valence-corrected chi connectivity index (χ2v) is 6.95. The number of rotatable bonds is 2. The molecule has 2 heterocycles. The molecule has 0 radical (unpaired) electrons. The van der Waals surface area contributed by atoms with E-state index in [0.29, 0.717) is 47.8 Å². The van der Waals surface area contributed by atoms with Crippen molar-refractivity contribution in [3.05, 3.63) is 63.4 Å². The fourth-order valence-corrected chi connectivity index (χ4v) is 3.72. The molecule has 1 aliphatic heterocycles. The molecule has 4 rings (SSSR count). The Morgan fingerprint density at radius 2 is 1.79 bits per heavy atom. The van der Waals surface area contributed by atoms with Crippen molar-refractivity contribution in [3.8, 4) is 11.3 Å². The zero-order valence-corrected chi connectivity index (χ0v) is 15.4. The number of hydrogen-bond donors (Lipinski definition) is 1. The zero-order chi connectivity index (χ0) is 19.9. The normalized spacial score (nSPS) is 15.2. The summed E-state index contributed by atoms with van der Waals surface area (Å²) in [5.74, 6) is 0. The number of nitrogens with one attached hydrogen (secondary N) is 1. The van der Waals surface area contributed by atoms with Crippen LogP contribution in [0.5, 0.6) is 0 Å². The number of pyridine rings is 1. The second kappa shape index (κ2) is 7.14. The Labute approximate surface area is 163 Å². The van der Waals surface area contributed by atoms with Crippen LogP contribution in [0.15, 0.2) is 47.3 Å². The van der Waals surface area contributed by atoms with Gasteiger partial charge in [0, 0.05) is 29.7 Å². The van der Waals surface area contributed by atoms with E-state index in [0.717, 1.165) is 6.07 Å². The monoisotopic (exact) mass is 408 g/mol. The van der Waals surface area contributed by atoms with Crippen molar-refractivity contribution in [1.29, 1.82) is 0 Å². The molecule has 146 valence electrons. The van der Waals surface area contributed by atoms with Crippen molar-refractivity contribution in [1.82, 2.24) is 4.98 Å². The molecule has 1 N–H and O–H groups in total. The van der Waals surface area contributed by atoms with Gasteiger partial charge in [-0.2, -0.15) is 13.2 Å². The number of morpholine rings is 1. The number of halogens is 4. The van der Waals surface area contributed by atoms with Gasteiger partial charge in [0.1, 0.15) is 0 Å². The molecule has 1 fully saturated rings. The molecule has 1 saturated heterocycles. The molecule has 0 amide bonds. The van der Waals surface area contributed by atoms with E-state index in [4.69, 9.17) is 16.3 Å². The lowest BCUT2D eigenvalue weighted by Gasteiger charge is -2.29. The van der Waals surface area contributed by atoms with Gasteiger partial charge in [-0.05, 0) is 29.7 Å². The number of fused-ring (bicyclic) bond motifs is 1. The average Bonchev–Trinajstić information content (AvgIpc) is 2.67. The van der Waals surface area contributed by atoms with Gasteiger partial charge in [-0.3, -0.25) is 4.79 Å². The number of anilines is 1. The van der Waals surface area contributed by atoms with Crippen molar-refractivity contribution in [2.45, 2.75) is 6.18 Å². The van der Waals surface area contributed by atoms with Crippen molar-refractivity contribution >= 4 is 28.1 Å². The highest BCUT2D eigenvalue weighted by Gasteiger charge is 2.33. The minimum Gasteiger partial charge on any atom is -0.378 e. The van der Waals surface area contributed by atoms with Gasteiger partial charge in [-0.15, -0.1) is 0 Å². The third kappa shape index (κ3) is 3.47. The summed E-state index contributed by atoms with van der Waals surface area (Å²) in [7, 11) is 0. The molecule has 0 atom stereocenters. The van der Waals surface area contributed by atoms with Crippen LogP contribution in [0.4, 0.5) is 18.9 Å². The number of nitrogens with zero attached hydrogens (tertiary/aromatic N) is 1. The van der Waals surface area contributed by atoms with E-state index in [2.05, 4.69) is 4.98 Å². The smallest absolute Gasteiger partial charge is 0.378 e. The fourth-order valence-electron chi connectivity index (χ4n) is 3.43. The minimum atomic E-state index is -4.53. The Bertz CT molecular complexity index is 1090. The van der Waals surface area contributed by atoms with Crippen LogP contribution in [-0.4, -0.2) is 31.3 Å². The van der Waals surface area contributed by atoms with Crippen LogP contribution in [0.25, 0.3) is 22.0 Å². The molecule has 3 aromatic rings. The maximum Gasteiger partial charge on any atom is 0.417 e. The molecule has 1 aliphatic rings. The molecule has 2 aromatic carbocycles. The molecule has 0 aliphatic carbocycles. The summed E-state index contributed by atoms with van der Waals surface area (Å²) in [5, 5.41) is 1.30. The first-order chi connectivity index (χ1) is 13.3. The largest absolute Gasteiger partial charge is 0.417 e. The number of ether oxygens (including phenoxy) is 1. The van der Waals surface area contributed by atoms with Crippen LogP contribution in [0, 0.1) is 0 Å². The van der Waals surface area contributed by atoms with Gasteiger partial charge >= 0.3 is 6.18 Å². The van der Waals surface area contributed by atoms with E-state index < -0.39 is 17.3 Å². The third-order valence-corrected chi connectivity index (χ3v) is 5.09. The third-order valence-electron chi connectivity index (χ3n) is 4.79. The van der Waals surface area contributed by atoms with Crippen molar-refractivity contribution in [3.63, 3.8) is 0 Å². The van der Waals surface area contributed by atoms with Gasteiger partial charge in [0.25, 0.3) is 5.56 Å². The zero-order valence-electron chi connectivity index (χ0n) is 14.6. The van der Waals surface area contributed by atoms with Gasteiger partial charge in [-0.1, -0.05) is 29.8 Å². The van der Waals surface area contributed by atoms with E-state index in [1.807, 2.05) is 4.90 Å². The van der Waals surface area contributed by atoms with E-state index in [1.54, 1.807) is 12.1 Å². The lowest BCUT2D eigenvalue weighted by atomic mass is 10.0. The first-order valence-corrected chi connectivity index (χ1v) is 9.08. The summed E-state index contributed by atoms with van der Waals surface area (Å²) in [4.78, 5) is 17.3. The molecular weight excluding hydrogens is 393 g/mol. The molecule has 1 aromatic heterocycles. The van der Waals surface area contributed by atoms with Crippen LogP contribution >= 0.6 is 11.6 Å². The topological polar surface area (TPSA) is 45.3 Å². The highest BCUT2D eigenvalue weighted by Crippen LogP contribution is 2.37. The highest BCUT2D eigenvalue weighted by molar-refractivity contribution is 6.34. The minimum absolute atomic E-state index is 0.0811. The standard InChI is InChI=1S/C20H16ClF3N2O2/c21-16-9-12-10-17(13-3-1-2-4-15(13)20(22,23)24)25-19(27)14(12)11-18(16)26-5-7-28-8-6-26/h1-4,9-11H,5-8H2,(H,25,27). The van der Waals surface area contributed by atoms with Crippen molar-refractivity contribution in [2.24, 2.45) is 0 Å². The first kappa shape index (κ1) is 18.8. The molecule has 0 saturated carbocycles. The van der Waals surface area contributed by atoms with Gasteiger partial charge < -0.3 is 14.6 Å². The Morgan fingerprint density at radius 3 is 2.50 bits per heavy atom. The van der Waals surface area contributed by atoms with Gasteiger partial charge in [-0.25, -0.2) is 0 Å². The Hall–Kier alpha value is -2.51. The van der Waals surface area contributed by atoms with E-state index in [1.165, 1.54) is 24.3 Å². The predicted octanol–water partition coefficient (Wildman–Crippen LogP) is 4.70. The van der Waals surface area contributed by atoms with Crippen LogP contribution in [-0.2, 0) is 10.9 Å². The summed E-state index contributed by atoms with van der Waals surface area (Å²) >= 11 is 6.42. The average molecular weight is 409 g/mol. The Kier molecular flexibility index (Phi) is 4.81. The van der Waals surface area contributed by atoms with E-state index in [9.17, 15) is 18.0 Å². The molecule has 28 heavy (non-hydrogen) atoms. The molecule has 0 bridgehead atoms. The predicted molar refractivity (Wildman–Crippen MR) is 103 cm³/mol. The van der Waals surface area contributed by atoms with Crippen LogP contribution in [0.2, 0.25) is 5.02 Å². The van der Waals surface area contributed by atoms with Crippen LogP contribution < -0.4 is 10.5 Å². The highest BCUT2D eigenvalue weighted by atomic mass is 35.5. The maximum absolute atomic E-state index is 13.3. The summed E-state index contributed by atoms with van der Waals surface area (Å²) < 4.78 is 45.4. The van der Waals surface area contributed by atoms with Gasteiger partial charge in [0.05, 0.1) is 29.5 Å². The molecule has 0 unspecified atom stereocenters. The number of aromatic amines is 1. The fraction of sp³-hybridized carbons (Fsp3) is 0.250. The quantitative estimate of drug-likeness (QED) is 0.668. The van der Waals surface area contributed by atoms with Crippen molar-refractivity contribution < 1.29 is 17.9 Å². The summed E-state index contributed by atoms with van der Waals surface area (Å²) in [6.07, 6.45) is -4.53. The Balaban J connectivity index is 1.86. The second-order valence-electron chi connectivity index (χ2n) is 6.55. The summed E-state index contributed by atoms with van der Waals surface area (Å²) in [6.45, 7) is 2.44. The number of hydrogen-bond acceptors (Lipinski definition) is 3. The SMILES string of the molecule is O=c1[nH]c(-c2ccccc2C(F)(F)F)cc2cc(Cl)c(N3CCOCC3)cc12. The molecule has 0 spiro atoms. The Morgan fingerprint density at radius 1 is 1.07 bits per heavy atom. The summed E-state index contributed by atoms with van der Waals surface area (Å²) in [5.41, 5.74) is -0.536. The lowest BCUT2D eigenvalue weighted by molar-refractivity contribution is -0.137. The van der Waals surface area contributed by atoms with Crippen LogP contribution in [0.1, 0.15) is 5.56 Å². The van der Waals surface area contributed by atoms with Crippen LogP contribution in [0.3, 0.4) is 0 Å². The van der Waals surface area contributed by atoms with Gasteiger partial charge in [0.15, 0.2) is 0 Å².